The molecule has 106 valence electrons. The molecule has 0 bridgehead atoms. The van der Waals surface area contributed by atoms with Crippen molar-refractivity contribution in [2.24, 2.45) is 0 Å². The highest BCUT2D eigenvalue weighted by Crippen LogP contribution is 2.22. The van der Waals surface area contributed by atoms with E-state index < -0.39 is 5.92 Å². The van der Waals surface area contributed by atoms with Crippen LogP contribution in [0.1, 0.15) is 16.6 Å². The largest absolute Gasteiger partial charge is 0.335 e. The molecule has 0 fully saturated rings. The van der Waals surface area contributed by atoms with E-state index in [9.17, 15) is 4.79 Å². The lowest BCUT2D eigenvalue weighted by atomic mass is 10.0. The lowest BCUT2D eigenvalue weighted by Crippen LogP contribution is -2.24. The summed E-state index contributed by atoms with van der Waals surface area (Å²) in [6, 6.07) is 13.2. The molecule has 1 N–H and O–H groups in total. The monoisotopic (exact) mass is 298 g/mol. The first-order valence-corrected chi connectivity index (χ1v) is 7.28. The summed E-state index contributed by atoms with van der Waals surface area (Å²) in [7, 11) is 0. The van der Waals surface area contributed by atoms with Crippen LogP contribution in [0, 0.1) is 0 Å². The van der Waals surface area contributed by atoms with E-state index in [4.69, 9.17) is 0 Å². The van der Waals surface area contributed by atoms with E-state index in [1.807, 2.05) is 47.8 Å². The molecule has 0 aliphatic carbocycles. The predicted molar refractivity (Wildman–Crippen MR) is 79.0 cm³/mol. The highest BCUT2D eigenvalue weighted by Gasteiger charge is 2.21. The van der Waals surface area contributed by atoms with Crippen molar-refractivity contribution in [2.75, 3.05) is 5.32 Å². The van der Waals surface area contributed by atoms with Gasteiger partial charge in [0.2, 0.25) is 5.91 Å². The van der Waals surface area contributed by atoms with Gasteiger partial charge in [0.25, 0.3) is 0 Å². The Morgan fingerprint density at radius 2 is 2.10 bits per heavy atom. The highest BCUT2D eigenvalue weighted by atomic mass is 32.1. The van der Waals surface area contributed by atoms with Gasteiger partial charge in [-0.3, -0.25) is 15.1 Å². The summed E-state index contributed by atoms with van der Waals surface area (Å²) in [6.45, 7) is 0. The molecule has 3 aromatic rings. The summed E-state index contributed by atoms with van der Waals surface area (Å²) in [5.74, 6) is -0.319. The standard InChI is InChI=1S/C14H13N5OS/c20-14(15-10-5-2-1-3-6-10)12(13-16-18-19-17-13)9-11-7-4-8-21-11/h1-8,12H,9H2,(H2,15,16,17,18,19,20)/p-1/t12-/m0/s1. The van der Waals surface area contributed by atoms with Crippen LogP contribution in [0.15, 0.2) is 47.8 Å². The Hall–Kier alpha value is -2.54. The van der Waals surface area contributed by atoms with E-state index in [2.05, 4.69) is 25.9 Å². The molecule has 1 atom stereocenters. The summed E-state index contributed by atoms with van der Waals surface area (Å²) < 4.78 is 0. The van der Waals surface area contributed by atoms with Gasteiger partial charge in [-0.2, -0.15) is 5.21 Å². The van der Waals surface area contributed by atoms with Crippen LogP contribution in [0.5, 0.6) is 0 Å². The minimum atomic E-state index is -0.501. The molecule has 0 radical (unpaired) electrons. The normalized spacial score (nSPS) is 12.0. The van der Waals surface area contributed by atoms with Crippen LogP contribution in [-0.4, -0.2) is 21.4 Å². The Morgan fingerprint density at radius 1 is 1.24 bits per heavy atom. The Labute approximate surface area is 125 Å². The van der Waals surface area contributed by atoms with Crippen LogP contribution in [0.3, 0.4) is 0 Å². The van der Waals surface area contributed by atoms with E-state index in [0.29, 0.717) is 12.2 Å². The topological polar surface area (TPSA) is 81.9 Å². The van der Waals surface area contributed by atoms with E-state index >= 15 is 0 Å². The van der Waals surface area contributed by atoms with Crippen LogP contribution in [0.2, 0.25) is 0 Å². The fraction of sp³-hybridized carbons (Fsp3) is 0.143. The molecule has 2 heterocycles. The maximum atomic E-state index is 12.5. The number of benzene rings is 1. The Balaban J connectivity index is 1.80. The smallest absolute Gasteiger partial charge is 0.232 e. The van der Waals surface area contributed by atoms with Crippen molar-refractivity contribution in [1.82, 2.24) is 20.6 Å². The summed E-state index contributed by atoms with van der Waals surface area (Å²) >= 11 is 1.60. The lowest BCUT2D eigenvalue weighted by molar-refractivity contribution is -0.117. The molecule has 2 aromatic heterocycles. The predicted octanol–water partition coefficient (Wildman–Crippen LogP) is 1.86. The molecule has 21 heavy (non-hydrogen) atoms. The van der Waals surface area contributed by atoms with Crippen molar-refractivity contribution in [2.45, 2.75) is 12.3 Å². The summed E-state index contributed by atoms with van der Waals surface area (Å²) in [4.78, 5) is 13.6. The van der Waals surface area contributed by atoms with Crippen molar-refractivity contribution < 1.29 is 4.79 Å². The van der Waals surface area contributed by atoms with Gasteiger partial charge in [0.1, 0.15) is 0 Å². The van der Waals surface area contributed by atoms with Crippen LogP contribution in [0.4, 0.5) is 5.69 Å². The second-order valence-corrected chi connectivity index (χ2v) is 5.46. The summed E-state index contributed by atoms with van der Waals surface area (Å²) in [5, 5.41) is 19.5. The summed E-state index contributed by atoms with van der Waals surface area (Å²) in [6.07, 6.45) is 0.531. The van der Waals surface area contributed by atoms with E-state index in [1.54, 1.807) is 11.3 Å². The van der Waals surface area contributed by atoms with Gasteiger partial charge in [0, 0.05) is 16.4 Å². The van der Waals surface area contributed by atoms with Crippen LogP contribution in [-0.2, 0) is 11.2 Å². The number of para-hydroxylation sites is 1. The number of nitrogens with zero attached hydrogens (tertiary/aromatic N) is 4. The third-order valence-electron chi connectivity index (χ3n) is 2.99. The number of nitrogens with one attached hydrogen (secondary N) is 1. The molecular weight excluding hydrogens is 286 g/mol. The first-order chi connectivity index (χ1) is 10.3. The second-order valence-electron chi connectivity index (χ2n) is 4.43. The van der Waals surface area contributed by atoms with Gasteiger partial charge in [0.05, 0.1) is 5.92 Å². The molecule has 1 aromatic carbocycles. The third-order valence-corrected chi connectivity index (χ3v) is 3.89. The van der Waals surface area contributed by atoms with Crippen LogP contribution >= 0.6 is 11.3 Å². The molecule has 3 rings (SSSR count). The molecule has 0 aliphatic rings. The molecule has 7 heteroatoms. The number of rotatable bonds is 5. The number of carbonyl (C=O) groups excluding carboxylic acids is 1. The van der Waals surface area contributed by atoms with Crippen LogP contribution < -0.4 is 10.4 Å². The number of hydrogen-bond acceptors (Lipinski definition) is 5. The maximum Gasteiger partial charge on any atom is 0.232 e. The molecular formula is C14H12N5OS-. The maximum absolute atomic E-state index is 12.5. The lowest BCUT2D eigenvalue weighted by Gasteiger charge is -2.16. The highest BCUT2D eigenvalue weighted by molar-refractivity contribution is 7.09. The van der Waals surface area contributed by atoms with Gasteiger partial charge in [-0.1, -0.05) is 24.3 Å². The van der Waals surface area contributed by atoms with Gasteiger partial charge < -0.3 is 10.4 Å². The fourth-order valence-electron chi connectivity index (χ4n) is 1.97. The first-order valence-electron chi connectivity index (χ1n) is 6.40. The van der Waals surface area contributed by atoms with Gasteiger partial charge in [0.15, 0.2) is 0 Å². The Bertz CT molecular complexity index is 682. The average Bonchev–Trinajstić information content (AvgIpc) is 3.19. The van der Waals surface area contributed by atoms with Crippen molar-refractivity contribution in [3.8, 4) is 0 Å². The Morgan fingerprint density at radius 3 is 2.76 bits per heavy atom. The number of carbonyl (C=O) groups is 1. The minimum absolute atomic E-state index is 0.163. The Kier molecular flexibility index (Phi) is 4.02. The number of amides is 1. The first kappa shape index (κ1) is 13.4. The number of thiophene rings is 1. The molecule has 0 saturated heterocycles. The fourth-order valence-corrected chi connectivity index (χ4v) is 2.72. The second kappa shape index (κ2) is 6.27. The molecule has 0 aliphatic heterocycles. The molecule has 0 saturated carbocycles. The van der Waals surface area contributed by atoms with Crippen LogP contribution in [0.25, 0.3) is 0 Å². The zero-order valence-corrected chi connectivity index (χ0v) is 11.8. The minimum Gasteiger partial charge on any atom is -0.335 e. The number of tetrazole rings is 1. The van der Waals surface area contributed by atoms with Gasteiger partial charge in [-0.15, -0.1) is 11.3 Å². The van der Waals surface area contributed by atoms with Crippen molar-refractivity contribution in [3.63, 3.8) is 0 Å². The zero-order chi connectivity index (χ0) is 14.5. The molecule has 0 unspecified atom stereocenters. The van der Waals surface area contributed by atoms with Gasteiger partial charge in [-0.05, 0) is 30.0 Å². The quantitative estimate of drug-likeness (QED) is 0.777. The van der Waals surface area contributed by atoms with Gasteiger partial charge >= 0.3 is 0 Å². The van der Waals surface area contributed by atoms with E-state index in [0.717, 1.165) is 10.6 Å². The number of aromatic nitrogens is 4. The molecule has 6 nitrogen and oxygen atoms in total. The van der Waals surface area contributed by atoms with Gasteiger partial charge in [-0.25, -0.2) is 0 Å². The zero-order valence-electron chi connectivity index (χ0n) is 11.0. The summed E-state index contributed by atoms with van der Waals surface area (Å²) in [5.41, 5.74) is 0.742. The van der Waals surface area contributed by atoms with E-state index in [1.165, 1.54) is 0 Å². The SMILES string of the molecule is O=C(Nc1ccccc1)[C@@H](Cc1cccs1)c1nnn[n-]1. The molecule has 1 amide bonds. The number of anilines is 1. The van der Waals surface area contributed by atoms with Crippen molar-refractivity contribution in [1.29, 1.82) is 0 Å². The van der Waals surface area contributed by atoms with E-state index in [-0.39, 0.29) is 5.91 Å². The molecule has 0 spiro atoms. The average molecular weight is 298 g/mol. The third kappa shape index (κ3) is 3.32. The number of hydrogen-bond donors (Lipinski definition) is 1. The van der Waals surface area contributed by atoms with Crippen molar-refractivity contribution >= 4 is 22.9 Å². The van der Waals surface area contributed by atoms with Crippen molar-refractivity contribution in [3.05, 3.63) is 58.5 Å².